The fourth-order valence-corrected chi connectivity index (χ4v) is 5.55. The van der Waals surface area contributed by atoms with E-state index in [1.165, 1.54) is 5.57 Å². The standard InChI is InChI=1S/C20H28O3/c1-7-11(2)18(22)23-14-8-9-20(6)15-12(3)10-13(21)16(20)17(15)19(14,4)5/h7,10,14-17H,8-9H2,1-6H3/b11-7-/t14-,15+,16-,17+,20-/m0/s1. The van der Waals surface area contributed by atoms with Crippen LogP contribution in [0.4, 0.5) is 0 Å². The SMILES string of the molecule is C/C=C(/C)C(=O)O[C@H]1CC[C@@]2(C)[C@@H]3C(C)=CC(=O)[C@H]2[C@@H]3C1(C)C. The first-order valence-corrected chi connectivity index (χ1v) is 8.70. The van der Waals surface area contributed by atoms with Gasteiger partial charge in [-0.1, -0.05) is 32.4 Å². The normalized spacial score (nSPS) is 41.6. The van der Waals surface area contributed by atoms with Crippen LogP contribution in [0.3, 0.4) is 0 Å². The Morgan fingerprint density at radius 2 is 1.96 bits per heavy atom. The van der Waals surface area contributed by atoms with Crippen molar-refractivity contribution in [1.29, 1.82) is 0 Å². The second-order valence-corrected chi connectivity index (χ2v) is 8.50. The summed E-state index contributed by atoms with van der Waals surface area (Å²) in [6.07, 6.45) is 5.31. The van der Waals surface area contributed by atoms with E-state index in [4.69, 9.17) is 4.74 Å². The van der Waals surface area contributed by atoms with Crippen molar-refractivity contribution in [2.45, 2.75) is 60.5 Å². The van der Waals surface area contributed by atoms with Gasteiger partial charge in [0.2, 0.25) is 0 Å². The Balaban J connectivity index is 1.94. The number of hydrogen-bond acceptors (Lipinski definition) is 3. The smallest absolute Gasteiger partial charge is 0.333 e. The zero-order chi connectivity index (χ0) is 17.2. The van der Waals surface area contributed by atoms with Gasteiger partial charge in [0.15, 0.2) is 5.78 Å². The molecular weight excluding hydrogens is 288 g/mol. The quantitative estimate of drug-likeness (QED) is 0.569. The van der Waals surface area contributed by atoms with E-state index >= 15 is 0 Å². The largest absolute Gasteiger partial charge is 0.458 e. The Hall–Kier alpha value is -1.38. The summed E-state index contributed by atoms with van der Waals surface area (Å²) < 4.78 is 5.88. The molecule has 0 aromatic rings. The topological polar surface area (TPSA) is 43.4 Å². The summed E-state index contributed by atoms with van der Waals surface area (Å²) in [4.78, 5) is 24.8. The average Bonchev–Trinajstić information content (AvgIpc) is 2.60. The Morgan fingerprint density at radius 1 is 1.30 bits per heavy atom. The number of carbonyl (C=O) groups excluding carboxylic acids is 2. The highest BCUT2D eigenvalue weighted by Gasteiger charge is 2.70. The fourth-order valence-electron chi connectivity index (χ4n) is 5.55. The van der Waals surface area contributed by atoms with Crippen LogP contribution in [0, 0.1) is 28.6 Å². The van der Waals surface area contributed by atoms with Crippen molar-refractivity contribution in [3.05, 3.63) is 23.3 Å². The summed E-state index contributed by atoms with van der Waals surface area (Å²) in [5.41, 5.74) is 1.74. The van der Waals surface area contributed by atoms with Crippen LogP contribution in [0.5, 0.6) is 0 Å². The molecule has 0 heterocycles. The number of carbonyl (C=O) groups is 2. The Bertz CT molecular complexity index is 625. The van der Waals surface area contributed by atoms with Crippen molar-refractivity contribution in [2.75, 3.05) is 0 Å². The maximum absolute atomic E-state index is 12.6. The minimum Gasteiger partial charge on any atom is -0.458 e. The van der Waals surface area contributed by atoms with E-state index in [9.17, 15) is 9.59 Å². The van der Waals surface area contributed by atoms with Crippen LogP contribution in [-0.4, -0.2) is 17.9 Å². The van der Waals surface area contributed by atoms with Gasteiger partial charge in [-0.05, 0) is 56.9 Å². The van der Waals surface area contributed by atoms with Crippen LogP contribution in [0.15, 0.2) is 23.3 Å². The molecule has 3 fully saturated rings. The molecule has 4 rings (SSSR count). The van der Waals surface area contributed by atoms with Gasteiger partial charge in [0.1, 0.15) is 6.10 Å². The molecule has 0 radical (unpaired) electrons. The third-order valence-corrected chi connectivity index (χ3v) is 6.94. The van der Waals surface area contributed by atoms with Gasteiger partial charge in [0, 0.05) is 16.9 Å². The van der Waals surface area contributed by atoms with Gasteiger partial charge < -0.3 is 4.74 Å². The molecule has 5 atom stereocenters. The lowest BCUT2D eigenvalue weighted by molar-refractivity contribution is -0.177. The van der Waals surface area contributed by atoms with Crippen molar-refractivity contribution in [2.24, 2.45) is 28.6 Å². The second kappa shape index (κ2) is 5.06. The average molecular weight is 316 g/mol. The summed E-state index contributed by atoms with van der Waals surface area (Å²) >= 11 is 0. The zero-order valence-corrected chi connectivity index (χ0v) is 15.1. The molecule has 0 aromatic heterocycles. The molecule has 0 saturated heterocycles. The molecule has 3 nitrogen and oxygen atoms in total. The van der Waals surface area contributed by atoms with Crippen molar-refractivity contribution in [1.82, 2.24) is 0 Å². The van der Waals surface area contributed by atoms with Crippen LogP contribution in [-0.2, 0) is 14.3 Å². The number of fused-ring (bicyclic) bond motifs is 3. The Kier molecular flexibility index (Phi) is 3.62. The molecule has 0 unspecified atom stereocenters. The number of ketones is 1. The Morgan fingerprint density at radius 3 is 2.52 bits per heavy atom. The maximum Gasteiger partial charge on any atom is 0.333 e. The number of rotatable bonds is 2. The van der Waals surface area contributed by atoms with Gasteiger partial charge in [-0.25, -0.2) is 4.79 Å². The minimum absolute atomic E-state index is 0.0502. The molecule has 3 saturated carbocycles. The van der Waals surface area contributed by atoms with Gasteiger partial charge in [0.05, 0.1) is 0 Å². The van der Waals surface area contributed by atoms with Crippen molar-refractivity contribution < 1.29 is 14.3 Å². The molecule has 0 aliphatic heterocycles. The monoisotopic (exact) mass is 316 g/mol. The zero-order valence-electron chi connectivity index (χ0n) is 15.1. The molecule has 0 aromatic carbocycles. The third-order valence-electron chi connectivity index (χ3n) is 6.94. The highest BCUT2D eigenvalue weighted by atomic mass is 16.5. The number of hydrogen-bond donors (Lipinski definition) is 0. The van der Waals surface area contributed by atoms with Crippen LogP contribution in [0.25, 0.3) is 0 Å². The van der Waals surface area contributed by atoms with Crippen LogP contribution in [0.1, 0.15) is 54.4 Å². The lowest BCUT2D eigenvalue weighted by Gasteiger charge is -2.65. The molecule has 126 valence electrons. The van der Waals surface area contributed by atoms with Gasteiger partial charge >= 0.3 is 5.97 Å². The fraction of sp³-hybridized carbons (Fsp3) is 0.700. The van der Waals surface area contributed by atoms with Crippen molar-refractivity contribution in [3.8, 4) is 0 Å². The van der Waals surface area contributed by atoms with Gasteiger partial charge in [-0.15, -0.1) is 0 Å². The van der Waals surface area contributed by atoms with Crippen LogP contribution < -0.4 is 0 Å². The van der Waals surface area contributed by atoms with Crippen LogP contribution in [0.2, 0.25) is 0 Å². The highest BCUT2D eigenvalue weighted by Crippen LogP contribution is 2.71. The molecule has 0 spiro atoms. The molecule has 4 bridgehead atoms. The number of ether oxygens (including phenoxy) is 1. The summed E-state index contributed by atoms with van der Waals surface area (Å²) in [7, 11) is 0. The minimum atomic E-state index is -0.224. The first kappa shape index (κ1) is 16.5. The summed E-state index contributed by atoms with van der Waals surface area (Å²) in [6.45, 7) is 12.3. The summed E-state index contributed by atoms with van der Waals surface area (Å²) in [6, 6.07) is 0. The Labute approximate surface area is 139 Å². The molecule has 0 amide bonds. The first-order chi connectivity index (χ1) is 10.6. The molecule has 4 aliphatic carbocycles. The van der Waals surface area contributed by atoms with E-state index in [2.05, 4.69) is 27.7 Å². The molecule has 23 heavy (non-hydrogen) atoms. The lowest BCUT2D eigenvalue weighted by Crippen LogP contribution is -2.64. The predicted molar refractivity (Wildman–Crippen MR) is 89.7 cm³/mol. The molecular formula is C20H28O3. The lowest BCUT2D eigenvalue weighted by atomic mass is 9.38. The third kappa shape index (κ3) is 2.08. The predicted octanol–water partition coefficient (Wildman–Crippen LogP) is 4.08. The van der Waals surface area contributed by atoms with Gasteiger partial charge in [0.25, 0.3) is 0 Å². The van der Waals surface area contributed by atoms with E-state index in [-0.39, 0.29) is 40.5 Å². The molecule has 0 N–H and O–H groups in total. The highest BCUT2D eigenvalue weighted by molar-refractivity contribution is 5.96. The van der Waals surface area contributed by atoms with E-state index in [1.54, 1.807) is 13.0 Å². The van der Waals surface area contributed by atoms with Crippen molar-refractivity contribution >= 4 is 11.8 Å². The molecule has 4 aliphatic rings. The maximum atomic E-state index is 12.6. The molecule has 3 heteroatoms. The number of esters is 1. The van der Waals surface area contributed by atoms with E-state index in [1.807, 2.05) is 13.0 Å². The summed E-state index contributed by atoms with van der Waals surface area (Å²) in [5.74, 6) is 0.890. The first-order valence-electron chi connectivity index (χ1n) is 8.70. The number of allylic oxidation sites excluding steroid dienone is 3. The van der Waals surface area contributed by atoms with Crippen molar-refractivity contribution in [3.63, 3.8) is 0 Å². The summed E-state index contributed by atoms with van der Waals surface area (Å²) in [5, 5.41) is 0. The van der Waals surface area contributed by atoms with Gasteiger partial charge in [-0.3, -0.25) is 4.79 Å². The van der Waals surface area contributed by atoms with Gasteiger partial charge in [-0.2, -0.15) is 0 Å². The van der Waals surface area contributed by atoms with Crippen LogP contribution >= 0.6 is 0 Å². The van der Waals surface area contributed by atoms with E-state index in [0.717, 1.165) is 12.8 Å². The van der Waals surface area contributed by atoms with E-state index in [0.29, 0.717) is 11.5 Å². The second-order valence-electron chi connectivity index (χ2n) is 8.50. The van der Waals surface area contributed by atoms with E-state index < -0.39 is 0 Å².